The highest BCUT2D eigenvalue weighted by atomic mass is 32.2. The fourth-order valence-corrected chi connectivity index (χ4v) is 4.55. The Labute approximate surface area is 151 Å². The van der Waals surface area contributed by atoms with E-state index < -0.39 is 20.0 Å². The van der Waals surface area contributed by atoms with Gasteiger partial charge in [0.25, 0.3) is 10.0 Å². The Kier molecular flexibility index (Phi) is 4.51. The van der Waals surface area contributed by atoms with Gasteiger partial charge in [0, 0.05) is 24.8 Å². The molecule has 1 amide bonds. The predicted octanol–water partition coefficient (Wildman–Crippen LogP) is 1.04. The number of anilines is 2. The van der Waals surface area contributed by atoms with Gasteiger partial charge in [-0.1, -0.05) is 6.07 Å². The zero-order chi connectivity index (χ0) is 19.1. The number of fused-ring (bicyclic) bond motifs is 1. The van der Waals surface area contributed by atoms with Crippen LogP contribution in [0.1, 0.15) is 12.5 Å². The second-order valence-electron chi connectivity index (χ2n) is 5.89. The normalized spacial score (nSPS) is 14.2. The van der Waals surface area contributed by atoms with Crippen molar-refractivity contribution in [2.75, 3.05) is 16.2 Å². The quantitative estimate of drug-likeness (QED) is 0.800. The van der Waals surface area contributed by atoms with Gasteiger partial charge in [-0.25, -0.2) is 22.0 Å². The number of carbonyl (C=O) groups excluding carboxylic acids is 1. The van der Waals surface area contributed by atoms with Crippen molar-refractivity contribution in [3.63, 3.8) is 0 Å². The van der Waals surface area contributed by atoms with Crippen LogP contribution in [0.2, 0.25) is 0 Å². The number of rotatable bonds is 4. The Morgan fingerprint density at radius 2 is 1.77 bits per heavy atom. The number of carbonyl (C=O) groups is 1. The van der Waals surface area contributed by atoms with Crippen molar-refractivity contribution >= 4 is 37.3 Å². The lowest BCUT2D eigenvalue weighted by Gasteiger charge is -2.15. The van der Waals surface area contributed by atoms with Gasteiger partial charge in [-0.3, -0.25) is 9.52 Å². The highest BCUT2D eigenvalue weighted by molar-refractivity contribution is 7.93. The minimum atomic E-state index is -4.01. The smallest absolute Gasteiger partial charge is 0.261 e. The second kappa shape index (κ2) is 6.38. The zero-order valence-corrected chi connectivity index (χ0v) is 15.5. The molecular formula is C16H17N3O5S2. The third kappa shape index (κ3) is 3.57. The summed E-state index contributed by atoms with van der Waals surface area (Å²) in [5, 5.41) is 5.05. The number of nitrogens with two attached hydrogens (primary N) is 1. The molecule has 0 aromatic heterocycles. The van der Waals surface area contributed by atoms with Gasteiger partial charge in [0.15, 0.2) is 0 Å². The number of sulfonamides is 2. The number of nitrogens with zero attached hydrogens (tertiary/aromatic N) is 1. The SMILES string of the molecule is CC(=O)N1CCc2cc(NS(=O)(=O)c3cccc(S(N)(=O)=O)c3)ccc21. The van der Waals surface area contributed by atoms with Crippen LogP contribution in [0.25, 0.3) is 0 Å². The van der Waals surface area contributed by atoms with Crippen molar-refractivity contribution in [2.24, 2.45) is 5.14 Å². The maximum absolute atomic E-state index is 12.5. The first-order chi connectivity index (χ1) is 12.1. The molecule has 0 radical (unpaired) electrons. The lowest BCUT2D eigenvalue weighted by molar-refractivity contribution is -0.116. The second-order valence-corrected chi connectivity index (χ2v) is 9.13. The minimum absolute atomic E-state index is 0.0723. The monoisotopic (exact) mass is 395 g/mol. The molecule has 2 aromatic carbocycles. The molecule has 26 heavy (non-hydrogen) atoms. The lowest BCUT2D eigenvalue weighted by Crippen LogP contribution is -2.25. The van der Waals surface area contributed by atoms with Crippen molar-refractivity contribution in [3.05, 3.63) is 48.0 Å². The van der Waals surface area contributed by atoms with Gasteiger partial charge in [0.2, 0.25) is 15.9 Å². The molecule has 3 rings (SSSR count). The number of amides is 1. The molecule has 0 fully saturated rings. The van der Waals surface area contributed by atoms with Crippen molar-refractivity contribution < 1.29 is 21.6 Å². The van der Waals surface area contributed by atoms with Gasteiger partial charge in [-0.15, -0.1) is 0 Å². The molecule has 0 bridgehead atoms. The molecule has 10 heteroatoms. The highest BCUT2D eigenvalue weighted by Gasteiger charge is 2.23. The van der Waals surface area contributed by atoms with Crippen LogP contribution in [0, 0.1) is 0 Å². The van der Waals surface area contributed by atoms with E-state index in [1.54, 1.807) is 23.1 Å². The van der Waals surface area contributed by atoms with Crippen molar-refractivity contribution in [1.82, 2.24) is 0 Å². The summed E-state index contributed by atoms with van der Waals surface area (Å²) in [7, 11) is -8.00. The van der Waals surface area contributed by atoms with E-state index in [2.05, 4.69) is 4.72 Å². The Morgan fingerprint density at radius 3 is 2.42 bits per heavy atom. The molecule has 138 valence electrons. The molecule has 1 aliphatic heterocycles. The third-order valence-corrected chi connectivity index (χ3v) is 6.34. The van der Waals surface area contributed by atoms with Crippen molar-refractivity contribution in [3.8, 4) is 0 Å². The highest BCUT2D eigenvalue weighted by Crippen LogP contribution is 2.31. The van der Waals surface area contributed by atoms with Gasteiger partial charge in [-0.2, -0.15) is 0 Å². The summed E-state index contributed by atoms with van der Waals surface area (Å²) < 4.78 is 50.3. The largest absolute Gasteiger partial charge is 0.312 e. The van der Waals surface area contributed by atoms with Crippen LogP contribution >= 0.6 is 0 Å². The average molecular weight is 395 g/mol. The molecule has 0 unspecified atom stereocenters. The maximum atomic E-state index is 12.5. The number of hydrogen-bond donors (Lipinski definition) is 2. The third-order valence-electron chi connectivity index (χ3n) is 4.05. The van der Waals surface area contributed by atoms with Crippen LogP contribution in [-0.2, 0) is 31.3 Å². The van der Waals surface area contributed by atoms with Crippen LogP contribution in [0.5, 0.6) is 0 Å². The predicted molar refractivity (Wildman–Crippen MR) is 96.8 cm³/mol. The van der Waals surface area contributed by atoms with Crippen molar-refractivity contribution in [1.29, 1.82) is 0 Å². The van der Waals surface area contributed by atoms with E-state index in [-0.39, 0.29) is 15.7 Å². The standard InChI is InChI=1S/C16H17N3O5S2/c1-11(20)19-8-7-12-9-13(5-6-16(12)19)18-26(23,24)15-4-2-3-14(10-15)25(17,21)22/h2-6,9-10,18H,7-8H2,1H3,(H2,17,21,22). The lowest BCUT2D eigenvalue weighted by atomic mass is 10.1. The molecule has 0 atom stereocenters. The van der Waals surface area contributed by atoms with E-state index in [0.717, 1.165) is 17.3 Å². The van der Waals surface area contributed by atoms with Gasteiger partial charge in [0.05, 0.1) is 9.79 Å². The van der Waals surface area contributed by atoms with Crippen LogP contribution in [0.3, 0.4) is 0 Å². The molecule has 0 spiro atoms. The molecule has 1 aliphatic rings. The van der Waals surface area contributed by atoms with E-state index >= 15 is 0 Å². The van der Waals surface area contributed by atoms with Gasteiger partial charge in [0.1, 0.15) is 0 Å². The Morgan fingerprint density at radius 1 is 1.08 bits per heavy atom. The van der Waals surface area contributed by atoms with Gasteiger partial charge in [-0.05, 0) is 48.4 Å². The summed E-state index contributed by atoms with van der Waals surface area (Å²) in [6.45, 7) is 2.03. The van der Waals surface area contributed by atoms with E-state index in [0.29, 0.717) is 18.7 Å². The first-order valence-electron chi connectivity index (χ1n) is 7.65. The fourth-order valence-electron chi connectivity index (χ4n) is 2.82. The Balaban J connectivity index is 1.91. The van der Waals surface area contributed by atoms with Gasteiger partial charge < -0.3 is 4.90 Å². The summed E-state index contributed by atoms with van der Waals surface area (Å²) in [4.78, 5) is 12.7. The Hall–Kier alpha value is -2.43. The maximum Gasteiger partial charge on any atom is 0.261 e. The first kappa shape index (κ1) is 18.4. The van der Waals surface area contributed by atoms with Crippen LogP contribution < -0.4 is 14.8 Å². The van der Waals surface area contributed by atoms with Crippen LogP contribution in [-0.4, -0.2) is 29.3 Å². The number of primary sulfonamides is 1. The molecule has 3 N–H and O–H groups in total. The minimum Gasteiger partial charge on any atom is -0.312 e. The first-order valence-corrected chi connectivity index (χ1v) is 10.7. The van der Waals surface area contributed by atoms with E-state index in [1.807, 2.05) is 0 Å². The summed E-state index contributed by atoms with van der Waals surface area (Å²) >= 11 is 0. The summed E-state index contributed by atoms with van der Waals surface area (Å²) in [6.07, 6.45) is 0.630. The van der Waals surface area contributed by atoms with Gasteiger partial charge >= 0.3 is 0 Å². The molecule has 0 saturated carbocycles. The molecule has 0 saturated heterocycles. The topological polar surface area (TPSA) is 127 Å². The van der Waals surface area contributed by atoms with Crippen molar-refractivity contribution in [2.45, 2.75) is 23.1 Å². The average Bonchev–Trinajstić information content (AvgIpc) is 2.97. The van der Waals surface area contributed by atoms with E-state index in [9.17, 15) is 21.6 Å². The molecule has 0 aliphatic carbocycles. The molecule has 1 heterocycles. The number of hydrogen-bond acceptors (Lipinski definition) is 5. The van der Waals surface area contributed by atoms with E-state index in [4.69, 9.17) is 5.14 Å². The molecule has 2 aromatic rings. The number of nitrogens with one attached hydrogen (secondary N) is 1. The Bertz CT molecular complexity index is 1090. The number of benzene rings is 2. The summed E-state index contributed by atoms with van der Waals surface area (Å²) in [5.74, 6) is -0.0723. The van der Waals surface area contributed by atoms with Crippen LogP contribution in [0.15, 0.2) is 52.3 Å². The summed E-state index contributed by atoms with van der Waals surface area (Å²) in [6, 6.07) is 9.72. The zero-order valence-electron chi connectivity index (χ0n) is 13.8. The van der Waals surface area contributed by atoms with Crippen LogP contribution in [0.4, 0.5) is 11.4 Å². The molecule has 8 nitrogen and oxygen atoms in total. The summed E-state index contributed by atoms with van der Waals surface area (Å²) in [5.41, 5.74) is 1.95. The fraction of sp³-hybridized carbons (Fsp3) is 0.188. The van der Waals surface area contributed by atoms with E-state index in [1.165, 1.54) is 25.1 Å². The molecular weight excluding hydrogens is 378 g/mol.